The van der Waals surface area contributed by atoms with Crippen LogP contribution >= 0.6 is 0 Å². The Morgan fingerprint density at radius 1 is 1.02 bits per heavy atom. The van der Waals surface area contributed by atoms with Crippen LogP contribution in [0.25, 0.3) is 16.9 Å². The highest BCUT2D eigenvalue weighted by Crippen LogP contribution is 2.37. The number of hydrogen-bond donors (Lipinski definition) is 1. The average Bonchev–Trinajstić information content (AvgIpc) is 3.39. The molecule has 3 heterocycles. The zero-order valence-corrected chi connectivity index (χ0v) is 22.4. The standard InChI is InChI=1S/C28H25F6N5O3/c1-15-24(16-3-5-17(42-2)6-4-16)36-26-18(13-35-39(26)25(15)28(32,33)34)27(41)38-11-9-37(10-12-38)21(14-40)22-19(29)7-8-20(30)23(22)31/h3-8,13,21,40H,9-12,14H2,1-2H3/t21-/m1/s1. The lowest BCUT2D eigenvalue weighted by Crippen LogP contribution is -2.50. The van der Waals surface area contributed by atoms with E-state index in [9.17, 15) is 36.2 Å². The number of carbonyl (C=O) groups excluding carboxylic acids is 1. The van der Waals surface area contributed by atoms with Gasteiger partial charge in [-0.2, -0.15) is 18.3 Å². The number of aliphatic hydroxyl groups is 1. The minimum atomic E-state index is -4.81. The van der Waals surface area contributed by atoms with Gasteiger partial charge in [0.2, 0.25) is 0 Å². The van der Waals surface area contributed by atoms with Gasteiger partial charge in [0.1, 0.15) is 17.1 Å². The third kappa shape index (κ3) is 5.15. The van der Waals surface area contributed by atoms with Crippen molar-refractivity contribution < 1.29 is 41.0 Å². The quantitative estimate of drug-likeness (QED) is 0.259. The van der Waals surface area contributed by atoms with Crippen molar-refractivity contribution in [2.75, 3.05) is 39.9 Å². The molecule has 0 unspecified atom stereocenters. The minimum Gasteiger partial charge on any atom is -0.497 e. The fraction of sp³-hybridized carbons (Fsp3) is 0.321. The lowest BCUT2D eigenvalue weighted by atomic mass is 10.0. The monoisotopic (exact) mass is 593 g/mol. The molecular weight excluding hydrogens is 568 g/mol. The highest BCUT2D eigenvalue weighted by Gasteiger charge is 2.39. The molecule has 4 aromatic rings. The molecule has 1 saturated heterocycles. The molecular formula is C28H25F6N5O3. The molecule has 0 bridgehead atoms. The maximum atomic E-state index is 14.4. The first kappa shape index (κ1) is 29.3. The van der Waals surface area contributed by atoms with Crippen molar-refractivity contribution in [2.45, 2.75) is 19.1 Å². The van der Waals surface area contributed by atoms with Crippen LogP contribution in [0.2, 0.25) is 0 Å². The highest BCUT2D eigenvalue weighted by molar-refractivity contribution is 6.00. The molecule has 0 aliphatic carbocycles. The Labute approximate surface area is 235 Å². The summed E-state index contributed by atoms with van der Waals surface area (Å²) < 4.78 is 91.0. The molecule has 1 fully saturated rings. The van der Waals surface area contributed by atoms with Crippen molar-refractivity contribution >= 4 is 11.6 Å². The van der Waals surface area contributed by atoms with E-state index < -0.39 is 53.4 Å². The maximum absolute atomic E-state index is 14.4. The summed E-state index contributed by atoms with van der Waals surface area (Å²) in [7, 11) is 1.46. The van der Waals surface area contributed by atoms with Gasteiger partial charge in [0, 0.05) is 42.9 Å². The van der Waals surface area contributed by atoms with Gasteiger partial charge in [0.15, 0.2) is 23.0 Å². The van der Waals surface area contributed by atoms with E-state index in [2.05, 4.69) is 10.1 Å². The second-order valence-corrected chi connectivity index (χ2v) is 9.74. The number of fused-ring (bicyclic) bond motifs is 1. The van der Waals surface area contributed by atoms with Crippen LogP contribution in [0.3, 0.4) is 0 Å². The fourth-order valence-corrected chi connectivity index (χ4v) is 5.23. The largest absolute Gasteiger partial charge is 0.497 e. The molecule has 42 heavy (non-hydrogen) atoms. The van der Waals surface area contributed by atoms with Crippen LogP contribution < -0.4 is 4.74 Å². The summed E-state index contributed by atoms with van der Waals surface area (Å²) in [6.07, 6.45) is -3.79. The number of nitrogens with zero attached hydrogens (tertiary/aromatic N) is 5. The average molecular weight is 594 g/mol. The molecule has 1 atom stereocenters. The van der Waals surface area contributed by atoms with E-state index in [0.29, 0.717) is 21.9 Å². The Morgan fingerprint density at radius 3 is 2.26 bits per heavy atom. The van der Waals surface area contributed by atoms with Crippen molar-refractivity contribution in [3.8, 4) is 17.0 Å². The molecule has 1 N–H and O–H groups in total. The Balaban J connectivity index is 1.46. The van der Waals surface area contributed by atoms with Crippen LogP contribution in [0.15, 0.2) is 42.6 Å². The van der Waals surface area contributed by atoms with E-state index in [1.165, 1.54) is 23.8 Å². The van der Waals surface area contributed by atoms with E-state index >= 15 is 0 Å². The van der Waals surface area contributed by atoms with Gasteiger partial charge in [0.05, 0.1) is 31.6 Å². The minimum absolute atomic E-state index is 0.00849. The SMILES string of the molecule is COc1ccc(-c2nc3c(C(=O)N4CCN([C@H](CO)c5c(F)ccc(F)c5F)CC4)cnn3c(C(F)(F)F)c2C)cc1. The van der Waals surface area contributed by atoms with Crippen molar-refractivity contribution in [3.05, 3.63) is 82.4 Å². The number of amides is 1. The molecule has 1 aliphatic heterocycles. The van der Waals surface area contributed by atoms with Crippen molar-refractivity contribution in [1.29, 1.82) is 0 Å². The lowest BCUT2D eigenvalue weighted by molar-refractivity contribution is -0.143. The number of alkyl halides is 3. The topological polar surface area (TPSA) is 83.2 Å². The van der Waals surface area contributed by atoms with E-state index in [1.54, 1.807) is 24.3 Å². The number of halogens is 6. The number of ether oxygens (including phenoxy) is 1. The first-order valence-corrected chi connectivity index (χ1v) is 12.8. The van der Waals surface area contributed by atoms with E-state index in [0.717, 1.165) is 12.3 Å². The van der Waals surface area contributed by atoms with E-state index in [4.69, 9.17) is 4.74 Å². The summed E-state index contributed by atoms with van der Waals surface area (Å²) >= 11 is 0. The number of carbonyl (C=O) groups is 1. The van der Waals surface area contributed by atoms with Gasteiger partial charge in [-0.05, 0) is 43.3 Å². The first-order valence-electron chi connectivity index (χ1n) is 12.8. The van der Waals surface area contributed by atoms with Gasteiger partial charge < -0.3 is 14.7 Å². The molecule has 1 aliphatic rings. The predicted molar refractivity (Wildman–Crippen MR) is 138 cm³/mol. The summed E-state index contributed by atoms with van der Waals surface area (Å²) in [6, 6.07) is 6.49. The van der Waals surface area contributed by atoms with Gasteiger partial charge in [-0.1, -0.05) is 0 Å². The number of hydrogen-bond acceptors (Lipinski definition) is 6. The van der Waals surface area contributed by atoms with Gasteiger partial charge in [-0.3, -0.25) is 9.69 Å². The molecule has 5 rings (SSSR count). The van der Waals surface area contributed by atoms with E-state index in [1.807, 2.05) is 0 Å². The van der Waals surface area contributed by atoms with Gasteiger partial charge in [0.25, 0.3) is 5.91 Å². The third-order valence-electron chi connectivity index (χ3n) is 7.37. The molecule has 0 radical (unpaired) electrons. The normalized spacial score (nSPS) is 15.3. The predicted octanol–water partition coefficient (Wildman–Crippen LogP) is 4.64. The fourth-order valence-electron chi connectivity index (χ4n) is 5.23. The van der Waals surface area contributed by atoms with Gasteiger partial charge in [-0.15, -0.1) is 0 Å². The maximum Gasteiger partial charge on any atom is 0.433 e. The summed E-state index contributed by atoms with van der Waals surface area (Å²) in [4.78, 5) is 20.8. The Bertz CT molecular complexity index is 1630. The van der Waals surface area contributed by atoms with Crippen LogP contribution in [0.4, 0.5) is 26.3 Å². The molecule has 0 spiro atoms. The van der Waals surface area contributed by atoms with Crippen LogP contribution in [-0.4, -0.2) is 75.3 Å². The number of methoxy groups -OCH3 is 1. The number of rotatable bonds is 6. The van der Waals surface area contributed by atoms with Crippen LogP contribution in [0.1, 0.15) is 33.2 Å². The van der Waals surface area contributed by atoms with Crippen molar-refractivity contribution in [3.63, 3.8) is 0 Å². The summed E-state index contributed by atoms with van der Waals surface area (Å²) in [6.45, 7) is 0.672. The molecule has 2 aromatic heterocycles. The van der Waals surface area contributed by atoms with Gasteiger partial charge >= 0.3 is 6.18 Å². The second-order valence-electron chi connectivity index (χ2n) is 9.74. The molecule has 0 saturated carbocycles. The highest BCUT2D eigenvalue weighted by atomic mass is 19.4. The number of benzene rings is 2. The molecule has 14 heteroatoms. The lowest BCUT2D eigenvalue weighted by Gasteiger charge is -2.38. The summed E-state index contributed by atoms with van der Waals surface area (Å²) in [5.74, 6) is -3.83. The number of aliphatic hydroxyl groups excluding tert-OH is 1. The van der Waals surface area contributed by atoms with Crippen LogP contribution in [0, 0.1) is 24.4 Å². The zero-order valence-electron chi connectivity index (χ0n) is 22.4. The molecule has 2 aromatic carbocycles. The van der Waals surface area contributed by atoms with Crippen molar-refractivity contribution in [1.82, 2.24) is 24.4 Å². The first-order chi connectivity index (χ1) is 20.0. The molecule has 8 nitrogen and oxygen atoms in total. The number of piperazine rings is 1. The van der Waals surface area contributed by atoms with Crippen molar-refractivity contribution in [2.24, 2.45) is 0 Å². The second kappa shape index (κ2) is 11.2. The molecule has 222 valence electrons. The van der Waals surface area contributed by atoms with Crippen LogP contribution in [-0.2, 0) is 6.18 Å². The smallest absolute Gasteiger partial charge is 0.433 e. The Hall–Kier alpha value is -4.17. The number of aromatic nitrogens is 3. The Kier molecular flexibility index (Phi) is 7.86. The summed E-state index contributed by atoms with van der Waals surface area (Å²) in [5, 5.41) is 13.7. The third-order valence-corrected chi connectivity index (χ3v) is 7.37. The van der Waals surface area contributed by atoms with Gasteiger partial charge in [-0.25, -0.2) is 22.7 Å². The zero-order chi connectivity index (χ0) is 30.3. The van der Waals surface area contributed by atoms with Crippen LogP contribution in [0.5, 0.6) is 5.75 Å². The van der Waals surface area contributed by atoms with E-state index in [-0.39, 0.29) is 48.6 Å². The molecule has 1 amide bonds. The summed E-state index contributed by atoms with van der Waals surface area (Å²) in [5.41, 5.74) is -1.93. The Morgan fingerprint density at radius 2 is 1.67 bits per heavy atom.